The first-order chi connectivity index (χ1) is 9.85. The zero-order valence-electron chi connectivity index (χ0n) is 11.3. The van der Waals surface area contributed by atoms with E-state index in [1.54, 1.807) is 6.20 Å². The van der Waals surface area contributed by atoms with Crippen LogP contribution in [0.4, 0.5) is 0 Å². The molecule has 0 amide bonds. The van der Waals surface area contributed by atoms with Crippen molar-refractivity contribution in [2.75, 3.05) is 7.05 Å². The third-order valence-electron chi connectivity index (χ3n) is 2.99. The van der Waals surface area contributed by atoms with Gasteiger partial charge in [-0.15, -0.1) is 5.10 Å². The average molecular weight is 268 g/mol. The topological polar surface area (TPSA) is 60.6 Å². The van der Waals surface area contributed by atoms with Crippen LogP contribution in [0.1, 0.15) is 11.3 Å². The summed E-state index contributed by atoms with van der Waals surface area (Å²) in [6.45, 7) is 1.45. The lowest BCUT2D eigenvalue weighted by Crippen LogP contribution is -2.05. The molecule has 0 bridgehead atoms. The van der Waals surface area contributed by atoms with E-state index < -0.39 is 0 Å². The van der Waals surface area contributed by atoms with Crippen molar-refractivity contribution < 1.29 is 0 Å². The number of nitrogens with one attached hydrogen (secondary N) is 1. The molecule has 20 heavy (non-hydrogen) atoms. The quantitative estimate of drug-likeness (QED) is 0.756. The fourth-order valence-corrected chi connectivity index (χ4v) is 2.04. The van der Waals surface area contributed by atoms with Crippen molar-refractivity contribution in [3.8, 4) is 5.69 Å². The van der Waals surface area contributed by atoms with E-state index in [0.29, 0.717) is 0 Å². The molecular formula is C14H16N6. The Morgan fingerprint density at radius 1 is 1.20 bits per heavy atom. The molecule has 6 heteroatoms. The Hall–Kier alpha value is -2.47. The predicted molar refractivity (Wildman–Crippen MR) is 75.5 cm³/mol. The van der Waals surface area contributed by atoms with Crippen LogP contribution >= 0.6 is 0 Å². The van der Waals surface area contributed by atoms with Crippen LogP contribution in [0.25, 0.3) is 5.69 Å². The SMILES string of the molecule is CNCc1cn(Cc2ccc(-n3cccn3)cc2)nn1. The van der Waals surface area contributed by atoms with Crippen molar-refractivity contribution in [2.45, 2.75) is 13.1 Å². The van der Waals surface area contributed by atoms with Crippen LogP contribution in [0.3, 0.4) is 0 Å². The van der Waals surface area contributed by atoms with Crippen molar-refractivity contribution >= 4 is 0 Å². The minimum Gasteiger partial charge on any atom is -0.314 e. The van der Waals surface area contributed by atoms with Gasteiger partial charge < -0.3 is 5.32 Å². The molecule has 0 aliphatic heterocycles. The molecule has 0 saturated carbocycles. The van der Waals surface area contributed by atoms with Gasteiger partial charge in [-0.2, -0.15) is 5.10 Å². The van der Waals surface area contributed by atoms with E-state index in [1.807, 2.05) is 47.0 Å². The van der Waals surface area contributed by atoms with Gasteiger partial charge in [-0.05, 0) is 30.8 Å². The first kappa shape index (κ1) is 12.6. The second-order valence-corrected chi connectivity index (χ2v) is 4.55. The molecule has 1 aromatic carbocycles. The van der Waals surface area contributed by atoms with E-state index >= 15 is 0 Å². The fraction of sp³-hybridized carbons (Fsp3) is 0.214. The predicted octanol–water partition coefficient (Wildman–Crippen LogP) is 1.23. The van der Waals surface area contributed by atoms with Crippen molar-refractivity contribution in [1.82, 2.24) is 30.1 Å². The lowest BCUT2D eigenvalue weighted by atomic mass is 10.2. The summed E-state index contributed by atoms with van der Waals surface area (Å²) in [5.74, 6) is 0. The molecule has 102 valence electrons. The summed E-state index contributed by atoms with van der Waals surface area (Å²) in [4.78, 5) is 0. The molecule has 0 saturated heterocycles. The standard InChI is InChI=1S/C14H16N6/c1-15-9-13-11-19(18-17-13)10-12-3-5-14(6-4-12)20-8-2-7-16-20/h2-8,11,15H,9-10H2,1H3. The molecule has 0 spiro atoms. The zero-order chi connectivity index (χ0) is 13.8. The molecular weight excluding hydrogens is 252 g/mol. The fourth-order valence-electron chi connectivity index (χ4n) is 2.04. The highest BCUT2D eigenvalue weighted by molar-refractivity contribution is 5.33. The van der Waals surface area contributed by atoms with Gasteiger partial charge in [-0.25, -0.2) is 9.36 Å². The Morgan fingerprint density at radius 2 is 2.05 bits per heavy atom. The number of nitrogens with zero attached hydrogens (tertiary/aromatic N) is 5. The summed E-state index contributed by atoms with van der Waals surface area (Å²) in [5.41, 5.74) is 3.18. The first-order valence-electron chi connectivity index (χ1n) is 6.48. The summed E-state index contributed by atoms with van der Waals surface area (Å²) in [7, 11) is 1.90. The number of aromatic nitrogens is 5. The van der Waals surface area contributed by atoms with Gasteiger partial charge in [0.25, 0.3) is 0 Å². The Morgan fingerprint density at radius 3 is 2.75 bits per heavy atom. The van der Waals surface area contributed by atoms with E-state index in [2.05, 4.69) is 32.9 Å². The van der Waals surface area contributed by atoms with Crippen LogP contribution < -0.4 is 5.32 Å². The second kappa shape index (κ2) is 5.66. The Bertz CT molecular complexity index is 653. The van der Waals surface area contributed by atoms with E-state index in [0.717, 1.165) is 24.5 Å². The first-order valence-corrected chi connectivity index (χ1v) is 6.48. The van der Waals surface area contributed by atoms with Gasteiger partial charge >= 0.3 is 0 Å². The Kier molecular flexibility index (Phi) is 3.56. The number of hydrogen-bond donors (Lipinski definition) is 1. The van der Waals surface area contributed by atoms with Gasteiger partial charge in [-0.1, -0.05) is 17.3 Å². The molecule has 0 fully saturated rings. The van der Waals surface area contributed by atoms with Gasteiger partial charge in [0.1, 0.15) is 0 Å². The van der Waals surface area contributed by atoms with E-state index in [4.69, 9.17) is 0 Å². The van der Waals surface area contributed by atoms with Gasteiger partial charge in [-0.3, -0.25) is 0 Å². The lowest BCUT2D eigenvalue weighted by molar-refractivity contribution is 0.648. The molecule has 1 N–H and O–H groups in total. The maximum absolute atomic E-state index is 4.21. The summed E-state index contributed by atoms with van der Waals surface area (Å²) >= 11 is 0. The maximum atomic E-state index is 4.21. The number of benzene rings is 1. The second-order valence-electron chi connectivity index (χ2n) is 4.55. The minimum absolute atomic E-state index is 0.718. The van der Waals surface area contributed by atoms with E-state index in [-0.39, 0.29) is 0 Å². The van der Waals surface area contributed by atoms with Crippen LogP contribution in [-0.4, -0.2) is 31.8 Å². The number of hydrogen-bond acceptors (Lipinski definition) is 4. The van der Waals surface area contributed by atoms with E-state index in [1.165, 1.54) is 5.56 Å². The summed E-state index contributed by atoms with van der Waals surface area (Å²) in [6, 6.07) is 10.2. The zero-order valence-corrected chi connectivity index (χ0v) is 11.3. The van der Waals surface area contributed by atoms with Crippen molar-refractivity contribution in [3.63, 3.8) is 0 Å². The van der Waals surface area contributed by atoms with Crippen LogP contribution in [0.15, 0.2) is 48.9 Å². The molecule has 0 aliphatic rings. The lowest BCUT2D eigenvalue weighted by Gasteiger charge is -2.04. The molecule has 3 aromatic rings. The highest BCUT2D eigenvalue weighted by Gasteiger charge is 2.01. The molecule has 0 unspecified atom stereocenters. The molecule has 2 aromatic heterocycles. The van der Waals surface area contributed by atoms with Crippen molar-refractivity contribution in [3.05, 3.63) is 60.2 Å². The number of rotatable bonds is 5. The van der Waals surface area contributed by atoms with Gasteiger partial charge in [0.15, 0.2) is 0 Å². The van der Waals surface area contributed by atoms with Gasteiger partial charge in [0, 0.05) is 18.9 Å². The normalized spacial score (nSPS) is 10.8. The highest BCUT2D eigenvalue weighted by Crippen LogP contribution is 2.09. The van der Waals surface area contributed by atoms with Crippen LogP contribution in [0.2, 0.25) is 0 Å². The third-order valence-corrected chi connectivity index (χ3v) is 2.99. The molecule has 6 nitrogen and oxygen atoms in total. The summed E-state index contributed by atoms with van der Waals surface area (Å²) in [5, 5.41) is 15.5. The average Bonchev–Trinajstić information content (AvgIpc) is 3.12. The highest BCUT2D eigenvalue weighted by atomic mass is 15.4. The molecule has 0 aliphatic carbocycles. The third kappa shape index (κ3) is 2.75. The van der Waals surface area contributed by atoms with Gasteiger partial charge in [0.2, 0.25) is 0 Å². The minimum atomic E-state index is 0.718. The van der Waals surface area contributed by atoms with Crippen molar-refractivity contribution in [2.24, 2.45) is 0 Å². The largest absolute Gasteiger partial charge is 0.314 e. The Balaban J connectivity index is 1.71. The molecule has 0 atom stereocenters. The molecule has 2 heterocycles. The summed E-state index contributed by atoms with van der Waals surface area (Å²) < 4.78 is 3.68. The molecule has 0 radical (unpaired) electrons. The van der Waals surface area contributed by atoms with E-state index in [9.17, 15) is 0 Å². The van der Waals surface area contributed by atoms with Crippen LogP contribution in [0, 0.1) is 0 Å². The van der Waals surface area contributed by atoms with Gasteiger partial charge in [0.05, 0.1) is 24.1 Å². The maximum Gasteiger partial charge on any atom is 0.0964 e. The summed E-state index contributed by atoms with van der Waals surface area (Å²) in [6.07, 6.45) is 5.65. The van der Waals surface area contributed by atoms with Crippen LogP contribution in [-0.2, 0) is 13.1 Å². The van der Waals surface area contributed by atoms with Crippen LogP contribution in [0.5, 0.6) is 0 Å². The Labute approximate surface area is 117 Å². The molecule has 3 rings (SSSR count). The van der Waals surface area contributed by atoms with Crippen molar-refractivity contribution in [1.29, 1.82) is 0 Å². The smallest absolute Gasteiger partial charge is 0.0964 e. The monoisotopic (exact) mass is 268 g/mol.